The van der Waals surface area contributed by atoms with Crippen LogP contribution in [0, 0.1) is 11.7 Å². The molecule has 0 saturated heterocycles. The van der Waals surface area contributed by atoms with Crippen LogP contribution in [-0.2, 0) is 4.79 Å². The maximum atomic E-state index is 14.2. The summed E-state index contributed by atoms with van der Waals surface area (Å²) in [4.78, 5) is 16.2. The van der Waals surface area contributed by atoms with Crippen molar-refractivity contribution in [2.24, 2.45) is 5.92 Å². The Labute approximate surface area is 208 Å². The van der Waals surface area contributed by atoms with Crippen LogP contribution in [0.5, 0.6) is 0 Å². The highest BCUT2D eigenvalue weighted by molar-refractivity contribution is 5.90. The number of furan rings is 1. The summed E-state index contributed by atoms with van der Waals surface area (Å²) in [6, 6.07) is 15.3. The van der Waals surface area contributed by atoms with Gasteiger partial charge in [0.25, 0.3) is 0 Å². The Kier molecular flexibility index (Phi) is 7.78. The zero-order valence-electron chi connectivity index (χ0n) is 20.6. The fourth-order valence-electron chi connectivity index (χ4n) is 5.98. The van der Waals surface area contributed by atoms with Gasteiger partial charge in [-0.25, -0.2) is 4.39 Å². The van der Waals surface area contributed by atoms with Crippen molar-refractivity contribution in [3.8, 4) is 0 Å². The molecule has 0 amide bonds. The zero-order valence-corrected chi connectivity index (χ0v) is 20.6. The topological polar surface area (TPSA) is 33.5 Å². The molecular formula is C31H36FNO2. The molecule has 1 aliphatic carbocycles. The average Bonchev–Trinajstić information content (AvgIpc) is 3.06. The first-order valence-corrected chi connectivity index (χ1v) is 13.4. The van der Waals surface area contributed by atoms with Crippen molar-refractivity contribution in [1.82, 2.24) is 4.90 Å². The molecule has 0 spiro atoms. The van der Waals surface area contributed by atoms with E-state index < -0.39 is 0 Å². The minimum atomic E-state index is -0.223. The van der Waals surface area contributed by atoms with Gasteiger partial charge in [-0.05, 0) is 68.0 Å². The minimum absolute atomic E-state index is 0.0269. The Morgan fingerprint density at radius 2 is 1.83 bits per heavy atom. The second-order valence-corrected chi connectivity index (χ2v) is 10.2. The van der Waals surface area contributed by atoms with Crippen LogP contribution < -0.4 is 0 Å². The number of halogens is 1. The van der Waals surface area contributed by atoms with Gasteiger partial charge in [-0.1, -0.05) is 62.1 Å². The maximum Gasteiger partial charge on any atom is 0.143 e. The quantitative estimate of drug-likeness (QED) is 0.329. The summed E-state index contributed by atoms with van der Waals surface area (Å²) in [5.74, 6) is 0.412. The molecule has 3 nitrogen and oxygen atoms in total. The van der Waals surface area contributed by atoms with Crippen molar-refractivity contribution >= 4 is 22.3 Å². The minimum Gasteiger partial charge on any atom is -0.464 e. The molecular weight excluding hydrogens is 437 g/mol. The molecule has 4 heteroatoms. The van der Waals surface area contributed by atoms with Crippen LogP contribution in [0.25, 0.3) is 16.5 Å². The fourth-order valence-corrected chi connectivity index (χ4v) is 5.98. The lowest BCUT2D eigenvalue weighted by atomic mass is 9.82. The van der Waals surface area contributed by atoms with Crippen LogP contribution in [0.1, 0.15) is 74.8 Å². The average molecular weight is 474 g/mol. The number of fused-ring (bicyclic) bond motifs is 1. The number of rotatable bonds is 7. The number of Topliss-reactive ketones (excluding diaryl/α,β-unsaturated/α-hetero) is 1. The third kappa shape index (κ3) is 5.75. The molecule has 1 atom stereocenters. The maximum absolute atomic E-state index is 14.2. The molecule has 5 rings (SSSR count). The Balaban J connectivity index is 1.26. The summed E-state index contributed by atoms with van der Waals surface area (Å²) in [6.45, 7) is 2.77. The SMILES string of the molecule is O=C(C1CCCCCC1)C(CCN1CCC=C(c2cc(F)cc3ccoc23)CC1)c1ccccc1. The summed E-state index contributed by atoms with van der Waals surface area (Å²) in [7, 11) is 0. The lowest BCUT2D eigenvalue weighted by molar-refractivity contribution is -0.125. The van der Waals surface area contributed by atoms with Gasteiger partial charge in [0, 0.05) is 35.9 Å². The number of ketones is 1. The van der Waals surface area contributed by atoms with Crippen molar-refractivity contribution in [3.05, 3.63) is 77.8 Å². The van der Waals surface area contributed by atoms with Gasteiger partial charge in [0.2, 0.25) is 0 Å². The van der Waals surface area contributed by atoms with Crippen LogP contribution in [0.4, 0.5) is 4.39 Å². The highest BCUT2D eigenvalue weighted by Crippen LogP contribution is 2.33. The first kappa shape index (κ1) is 24.0. The molecule has 0 bridgehead atoms. The van der Waals surface area contributed by atoms with Crippen molar-refractivity contribution in [1.29, 1.82) is 0 Å². The van der Waals surface area contributed by atoms with Crippen LogP contribution in [0.3, 0.4) is 0 Å². The van der Waals surface area contributed by atoms with Crippen molar-refractivity contribution in [2.45, 2.75) is 63.7 Å². The van der Waals surface area contributed by atoms with E-state index in [1.807, 2.05) is 12.1 Å². The van der Waals surface area contributed by atoms with Gasteiger partial charge in [-0.15, -0.1) is 0 Å². The number of hydrogen-bond donors (Lipinski definition) is 0. The van der Waals surface area contributed by atoms with Gasteiger partial charge < -0.3 is 9.32 Å². The molecule has 1 saturated carbocycles. The standard InChI is InChI=1S/C31H36FNO2/c32-27-21-26-16-20-35-31(26)29(22-27)24-13-8-17-33(18-14-24)19-15-28(23-9-6-3-7-10-23)30(34)25-11-4-1-2-5-12-25/h3,6-7,9-10,13,16,20-22,25,28H,1-2,4-5,8,11-12,14-15,17-19H2. The van der Waals surface area contributed by atoms with Gasteiger partial charge in [-0.3, -0.25) is 4.79 Å². The van der Waals surface area contributed by atoms with E-state index in [1.165, 1.54) is 31.7 Å². The second-order valence-electron chi connectivity index (χ2n) is 10.2. The highest BCUT2D eigenvalue weighted by Gasteiger charge is 2.29. The number of hydrogen-bond acceptors (Lipinski definition) is 3. The first-order chi connectivity index (χ1) is 17.2. The van der Waals surface area contributed by atoms with E-state index in [1.54, 1.807) is 12.3 Å². The summed E-state index contributed by atoms with van der Waals surface area (Å²) in [5.41, 5.74) is 3.96. The van der Waals surface area contributed by atoms with E-state index in [9.17, 15) is 9.18 Å². The van der Waals surface area contributed by atoms with Crippen LogP contribution in [0.15, 0.2) is 65.3 Å². The lowest BCUT2D eigenvalue weighted by Gasteiger charge is -2.26. The summed E-state index contributed by atoms with van der Waals surface area (Å²) >= 11 is 0. The number of carbonyl (C=O) groups excluding carboxylic acids is 1. The van der Waals surface area contributed by atoms with E-state index in [4.69, 9.17) is 4.42 Å². The van der Waals surface area contributed by atoms with E-state index >= 15 is 0 Å². The number of carbonyl (C=O) groups is 1. The molecule has 1 fully saturated rings. The molecule has 1 aromatic heterocycles. The molecule has 3 aromatic rings. The van der Waals surface area contributed by atoms with Gasteiger partial charge >= 0.3 is 0 Å². The number of benzene rings is 2. The molecule has 35 heavy (non-hydrogen) atoms. The molecule has 0 N–H and O–H groups in total. The molecule has 1 aliphatic heterocycles. The van der Waals surface area contributed by atoms with E-state index in [0.717, 1.165) is 79.4 Å². The van der Waals surface area contributed by atoms with E-state index in [-0.39, 0.29) is 17.7 Å². The van der Waals surface area contributed by atoms with Crippen LogP contribution in [0.2, 0.25) is 0 Å². The normalized spacial score (nSPS) is 19.2. The predicted octanol–water partition coefficient (Wildman–Crippen LogP) is 7.76. The lowest BCUT2D eigenvalue weighted by Crippen LogP contribution is -2.30. The van der Waals surface area contributed by atoms with Crippen molar-refractivity contribution < 1.29 is 13.6 Å². The Bertz CT molecular complexity index is 1160. The summed E-state index contributed by atoms with van der Waals surface area (Å²) in [6.07, 6.45) is 13.5. The Morgan fingerprint density at radius 3 is 2.63 bits per heavy atom. The monoisotopic (exact) mass is 473 g/mol. The smallest absolute Gasteiger partial charge is 0.143 e. The van der Waals surface area contributed by atoms with Gasteiger partial charge in [-0.2, -0.15) is 0 Å². The van der Waals surface area contributed by atoms with Crippen LogP contribution in [-0.4, -0.2) is 30.3 Å². The predicted molar refractivity (Wildman–Crippen MR) is 140 cm³/mol. The third-order valence-electron chi connectivity index (χ3n) is 7.93. The highest BCUT2D eigenvalue weighted by atomic mass is 19.1. The molecule has 184 valence electrons. The molecule has 0 radical (unpaired) electrons. The molecule has 2 heterocycles. The first-order valence-electron chi connectivity index (χ1n) is 13.4. The van der Waals surface area contributed by atoms with Crippen molar-refractivity contribution in [2.75, 3.05) is 19.6 Å². The third-order valence-corrected chi connectivity index (χ3v) is 7.93. The summed E-state index contributed by atoms with van der Waals surface area (Å²) in [5, 5.41) is 0.810. The zero-order chi connectivity index (χ0) is 24.0. The van der Waals surface area contributed by atoms with Gasteiger partial charge in [0.15, 0.2) is 0 Å². The second kappa shape index (κ2) is 11.3. The van der Waals surface area contributed by atoms with E-state index in [0.29, 0.717) is 5.78 Å². The Morgan fingerprint density at radius 1 is 1.03 bits per heavy atom. The van der Waals surface area contributed by atoms with Crippen molar-refractivity contribution in [3.63, 3.8) is 0 Å². The van der Waals surface area contributed by atoms with Gasteiger partial charge in [0.1, 0.15) is 17.2 Å². The Hall–Kier alpha value is -2.72. The van der Waals surface area contributed by atoms with Crippen LogP contribution >= 0.6 is 0 Å². The number of nitrogens with zero attached hydrogens (tertiary/aromatic N) is 1. The molecule has 1 unspecified atom stereocenters. The fraction of sp³-hybridized carbons (Fsp3) is 0.452. The van der Waals surface area contributed by atoms with Gasteiger partial charge in [0.05, 0.1) is 6.26 Å². The largest absolute Gasteiger partial charge is 0.464 e. The molecule has 2 aliphatic rings. The molecule has 2 aromatic carbocycles. The summed E-state index contributed by atoms with van der Waals surface area (Å²) < 4.78 is 19.9. The van der Waals surface area contributed by atoms with E-state index in [2.05, 4.69) is 35.2 Å².